The van der Waals surface area contributed by atoms with Gasteiger partial charge in [0, 0.05) is 12.1 Å². The predicted molar refractivity (Wildman–Crippen MR) is 104 cm³/mol. The van der Waals surface area contributed by atoms with E-state index in [0.29, 0.717) is 18.3 Å². The summed E-state index contributed by atoms with van der Waals surface area (Å²) in [5.41, 5.74) is 3.46. The summed E-state index contributed by atoms with van der Waals surface area (Å²) in [5, 5.41) is 10.9. The van der Waals surface area contributed by atoms with E-state index in [-0.39, 0.29) is 0 Å². The molecule has 1 aromatic heterocycles. The maximum absolute atomic E-state index is 5.84. The number of hydrogen-bond acceptors (Lipinski definition) is 4. The van der Waals surface area contributed by atoms with Crippen molar-refractivity contribution in [2.24, 2.45) is 0 Å². The second-order valence-electron chi connectivity index (χ2n) is 6.68. The van der Waals surface area contributed by atoms with Gasteiger partial charge in [0.25, 0.3) is 0 Å². The van der Waals surface area contributed by atoms with Gasteiger partial charge in [-0.1, -0.05) is 60.2 Å². The molecule has 4 nitrogen and oxygen atoms in total. The van der Waals surface area contributed by atoms with E-state index in [1.54, 1.807) is 0 Å². The Labute approximate surface area is 153 Å². The van der Waals surface area contributed by atoms with Crippen molar-refractivity contribution < 1.29 is 4.42 Å². The highest BCUT2D eigenvalue weighted by atomic mass is 16.4. The van der Waals surface area contributed by atoms with Crippen LogP contribution in [0.4, 0.5) is 0 Å². The minimum Gasteiger partial charge on any atom is -0.419 e. The van der Waals surface area contributed by atoms with Crippen molar-refractivity contribution in [3.8, 4) is 11.5 Å². The molecule has 26 heavy (non-hydrogen) atoms. The molecule has 0 unspecified atom stereocenters. The molecule has 4 rings (SSSR count). The summed E-state index contributed by atoms with van der Waals surface area (Å²) in [4.78, 5) is 2.19. The minimum atomic E-state index is 0.568. The molecule has 4 aromatic rings. The summed E-state index contributed by atoms with van der Waals surface area (Å²) in [6, 6.07) is 23.0. The van der Waals surface area contributed by atoms with Gasteiger partial charge in [0.1, 0.15) is 0 Å². The van der Waals surface area contributed by atoms with E-state index in [0.717, 1.165) is 12.1 Å². The lowest BCUT2D eigenvalue weighted by molar-refractivity contribution is 0.283. The average Bonchev–Trinajstić information content (AvgIpc) is 3.11. The summed E-state index contributed by atoms with van der Waals surface area (Å²) in [6.45, 7) is 3.50. The summed E-state index contributed by atoms with van der Waals surface area (Å²) in [5.74, 6) is 1.20. The summed E-state index contributed by atoms with van der Waals surface area (Å²) in [7, 11) is 2.07. The zero-order chi connectivity index (χ0) is 17.9. The number of benzene rings is 3. The van der Waals surface area contributed by atoms with Crippen LogP contribution in [0.15, 0.2) is 71.1 Å². The van der Waals surface area contributed by atoms with Crippen molar-refractivity contribution in [3.63, 3.8) is 0 Å². The first kappa shape index (κ1) is 16.5. The van der Waals surface area contributed by atoms with Crippen LogP contribution in [0.25, 0.3) is 22.2 Å². The molecule has 0 saturated heterocycles. The SMILES string of the molecule is Cc1ccc(-c2nnc(CN(C)Cc3cccc4ccccc34)o2)cc1. The largest absolute Gasteiger partial charge is 0.419 e. The highest BCUT2D eigenvalue weighted by Gasteiger charge is 2.11. The van der Waals surface area contributed by atoms with Gasteiger partial charge in [-0.2, -0.15) is 0 Å². The zero-order valence-corrected chi connectivity index (χ0v) is 15.0. The molecule has 4 heteroatoms. The second kappa shape index (κ2) is 7.10. The molecular formula is C22H21N3O. The van der Waals surface area contributed by atoms with Crippen LogP contribution in [0.5, 0.6) is 0 Å². The van der Waals surface area contributed by atoms with Crippen LogP contribution in [-0.2, 0) is 13.1 Å². The number of aromatic nitrogens is 2. The van der Waals surface area contributed by atoms with Crippen molar-refractivity contribution in [1.82, 2.24) is 15.1 Å². The number of hydrogen-bond donors (Lipinski definition) is 0. The topological polar surface area (TPSA) is 42.2 Å². The molecule has 3 aromatic carbocycles. The van der Waals surface area contributed by atoms with E-state index in [2.05, 4.69) is 71.5 Å². The van der Waals surface area contributed by atoms with Gasteiger partial charge in [-0.05, 0) is 42.4 Å². The van der Waals surface area contributed by atoms with Gasteiger partial charge < -0.3 is 4.42 Å². The van der Waals surface area contributed by atoms with E-state index in [1.807, 2.05) is 24.3 Å². The Morgan fingerprint density at radius 1 is 0.846 bits per heavy atom. The smallest absolute Gasteiger partial charge is 0.247 e. The Morgan fingerprint density at radius 3 is 2.46 bits per heavy atom. The van der Waals surface area contributed by atoms with Crippen LogP contribution in [0.1, 0.15) is 17.0 Å². The summed E-state index contributed by atoms with van der Waals surface area (Å²) >= 11 is 0. The van der Waals surface area contributed by atoms with Gasteiger partial charge in [0.2, 0.25) is 11.8 Å². The fraction of sp³-hybridized carbons (Fsp3) is 0.182. The average molecular weight is 343 g/mol. The van der Waals surface area contributed by atoms with Gasteiger partial charge in [0.05, 0.1) is 6.54 Å². The summed E-state index contributed by atoms with van der Waals surface area (Å²) in [6.07, 6.45) is 0. The van der Waals surface area contributed by atoms with E-state index in [4.69, 9.17) is 4.42 Å². The van der Waals surface area contributed by atoms with Crippen LogP contribution in [0.2, 0.25) is 0 Å². The Hall–Kier alpha value is -2.98. The minimum absolute atomic E-state index is 0.568. The fourth-order valence-corrected chi connectivity index (χ4v) is 3.14. The maximum atomic E-state index is 5.84. The van der Waals surface area contributed by atoms with Crippen molar-refractivity contribution in [2.75, 3.05) is 7.05 Å². The van der Waals surface area contributed by atoms with Crippen molar-refractivity contribution in [2.45, 2.75) is 20.0 Å². The number of rotatable bonds is 5. The van der Waals surface area contributed by atoms with Crippen molar-refractivity contribution in [3.05, 3.63) is 83.7 Å². The van der Waals surface area contributed by atoms with Crippen molar-refractivity contribution >= 4 is 10.8 Å². The molecule has 0 aliphatic heterocycles. The molecule has 0 amide bonds. The molecule has 0 fully saturated rings. The third-order valence-corrected chi connectivity index (χ3v) is 4.49. The molecular weight excluding hydrogens is 322 g/mol. The first-order chi connectivity index (χ1) is 12.7. The van der Waals surface area contributed by atoms with E-state index < -0.39 is 0 Å². The second-order valence-corrected chi connectivity index (χ2v) is 6.68. The molecule has 130 valence electrons. The predicted octanol–water partition coefficient (Wildman–Crippen LogP) is 4.83. The van der Waals surface area contributed by atoms with Gasteiger partial charge in [0.15, 0.2) is 0 Å². The molecule has 0 atom stereocenters. The van der Waals surface area contributed by atoms with E-state index in [1.165, 1.54) is 21.9 Å². The first-order valence-corrected chi connectivity index (χ1v) is 8.73. The van der Waals surface area contributed by atoms with E-state index in [9.17, 15) is 0 Å². The standard InChI is InChI=1S/C22H21N3O/c1-16-10-12-18(13-11-16)22-24-23-21(26-22)15-25(2)14-19-8-5-7-17-6-3-4-9-20(17)19/h3-13H,14-15H2,1-2H3. The number of nitrogens with zero attached hydrogens (tertiary/aromatic N) is 3. The molecule has 0 saturated carbocycles. The molecule has 1 heterocycles. The lowest BCUT2D eigenvalue weighted by Gasteiger charge is -2.16. The number of aryl methyl sites for hydroxylation is 1. The van der Waals surface area contributed by atoms with Crippen LogP contribution in [-0.4, -0.2) is 22.1 Å². The molecule has 0 bridgehead atoms. The van der Waals surface area contributed by atoms with Gasteiger partial charge in [-0.15, -0.1) is 10.2 Å². The lowest BCUT2D eigenvalue weighted by atomic mass is 10.0. The van der Waals surface area contributed by atoms with Gasteiger partial charge in [-0.3, -0.25) is 4.90 Å². The van der Waals surface area contributed by atoms with Gasteiger partial charge in [-0.25, -0.2) is 0 Å². The first-order valence-electron chi connectivity index (χ1n) is 8.73. The maximum Gasteiger partial charge on any atom is 0.247 e. The molecule has 0 radical (unpaired) electrons. The monoisotopic (exact) mass is 343 g/mol. The lowest BCUT2D eigenvalue weighted by Crippen LogP contribution is -2.17. The fourth-order valence-electron chi connectivity index (χ4n) is 3.14. The molecule has 0 aliphatic carbocycles. The Bertz CT molecular complexity index is 1020. The zero-order valence-electron chi connectivity index (χ0n) is 15.0. The van der Waals surface area contributed by atoms with Crippen LogP contribution in [0, 0.1) is 6.92 Å². The molecule has 0 N–H and O–H groups in total. The highest BCUT2D eigenvalue weighted by Crippen LogP contribution is 2.21. The number of fused-ring (bicyclic) bond motifs is 1. The van der Waals surface area contributed by atoms with Crippen molar-refractivity contribution in [1.29, 1.82) is 0 Å². The van der Waals surface area contributed by atoms with Crippen LogP contribution in [0.3, 0.4) is 0 Å². The van der Waals surface area contributed by atoms with Gasteiger partial charge >= 0.3 is 0 Å². The Balaban J connectivity index is 1.48. The third-order valence-electron chi connectivity index (χ3n) is 4.49. The quantitative estimate of drug-likeness (QED) is 0.520. The Kier molecular flexibility index (Phi) is 4.50. The van der Waals surface area contributed by atoms with E-state index >= 15 is 0 Å². The normalized spacial score (nSPS) is 11.3. The summed E-state index contributed by atoms with van der Waals surface area (Å²) < 4.78 is 5.84. The third kappa shape index (κ3) is 3.51. The highest BCUT2D eigenvalue weighted by molar-refractivity contribution is 5.85. The molecule has 0 spiro atoms. The van der Waals surface area contributed by atoms with Crippen LogP contribution < -0.4 is 0 Å². The Morgan fingerprint density at radius 2 is 1.62 bits per heavy atom. The van der Waals surface area contributed by atoms with Crippen LogP contribution >= 0.6 is 0 Å². The molecule has 0 aliphatic rings.